The Labute approximate surface area is 203 Å². The Kier molecular flexibility index (Phi) is 7.80. The molecule has 0 aliphatic heterocycles. The molecule has 1 atom stereocenters. The van der Waals surface area contributed by atoms with Crippen LogP contribution in [0.5, 0.6) is 0 Å². The first-order chi connectivity index (χ1) is 16.5. The fourth-order valence-corrected chi connectivity index (χ4v) is 4.86. The van der Waals surface area contributed by atoms with E-state index in [0.717, 1.165) is 31.2 Å². The standard InChI is InChI=1S/C26H29N3O4S/c1-18-10-12-19(13-11-18)24(26(32)28-20-6-2-3-7-20)29(17-21-8-4-14-33-21)23(30)16-27-25(31)22-9-5-15-34-22/h4-5,8-15,20,24H,2-3,6-7,16-17H2,1H3,(H,27,31)(H,28,32). The molecule has 2 heterocycles. The van der Waals surface area contributed by atoms with Crippen molar-refractivity contribution in [1.82, 2.24) is 15.5 Å². The van der Waals surface area contributed by atoms with Crippen LogP contribution in [-0.2, 0) is 16.1 Å². The van der Waals surface area contributed by atoms with Gasteiger partial charge in [0.05, 0.1) is 24.2 Å². The van der Waals surface area contributed by atoms with Gasteiger partial charge in [-0.2, -0.15) is 0 Å². The summed E-state index contributed by atoms with van der Waals surface area (Å²) >= 11 is 1.31. The average Bonchev–Trinajstić information content (AvgIpc) is 3.62. The third kappa shape index (κ3) is 5.94. The van der Waals surface area contributed by atoms with Crippen LogP contribution in [-0.4, -0.2) is 35.2 Å². The Balaban J connectivity index is 1.60. The highest BCUT2D eigenvalue weighted by Gasteiger charge is 2.33. The van der Waals surface area contributed by atoms with E-state index in [9.17, 15) is 14.4 Å². The molecule has 2 aromatic heterocycles. The minimum atomic E-state index is -0.850. The first kappa shape index (κ1) is 23.8. The molecular weight excluding hydrogens is 450 g/mol. The molecular formula is C26H29N3O4S. The third-order valence-corrected chi connectivity index (χ3v) is 6.90. The highest BCUT2D eigenvalue weighted by atomic mass is 32.1. The molecule has 3 aromatic rings. The summed E-state index contributed by atoms with van der Waals surface area (Å²) in [7, 11) is 0. The van der Waals surface area contributed by atoms with Crippen molar-refractivity contribution in [2.75, 3.05) is 6.54 Å². The lowest BCUT2D eigenvalue weighted by Crippen LogP contribution is -2.48. The van der Waals surface area contributed by atoms with Crippen LogP contribution in [0.1, 0.15) is 58.3 Å². The summed E-state index contributed by atoms with van der Waals surface area (Å²) in [6.45, 7) is 1.86. The van der Waals surface area contributed by atoms with Crippen LogP contribution in [0.25, 0.3) is 0 Å². The second-order valence-corrected chi connectivity index (χ2v) is 9.51. The molecule has 0 saturated heterocycles. The van der Waals surface area contributed by atoms with Crippen LogP contribution in [0.3, 0.4) is 0 Å². The van der Waals surface area contributed by atoms with Gasteiger partial charge in [-0.1, -0.05) is 48.7 Å². The molecule has 3 amide bonds. The smallest absolute Gasteiger partial charge is 0.261 e. The van der Waals surface area contributed by atoms with Crippen LogP contribution in [0.4, 0.5) is 0 Å². The van der Waals surface area contributed by atoms with Crippen LogP contribution < -0.4 is 10.6 Å². The maximum atomic E-state index is 13.6. The molecule has 178 valence electrons. The number of furan rings is 1. The van der Waals surface area contributed by atoms with Gasteiger partial charge >= 0.3 is 0 Å². The Bertz CT molecular complexity index is 1090. The minimum absolute atomic E-state index is 0.108. The van der Waals surface area contributed by atoms with Gasteiger partial charge in [0.15, 0.2) is 0 Å². The minimum Gasteiger partial charge on any atom is -0.467 e. The second kappa shape index (κ2) is 11.2. The van der Waals surface area contributed by atoms with Crippen molar-refractivity contribution in [1.29, 1.82) is 0 Å². The van der Waals surface area contributed by atoms with Gasteiger partial charge in [-0.05, 0) is 48.9 Å². The van der Waals surface area contributed by atoms with Crippen LogP contribution in [0, 0.1) is 6.92 Å². The number of nitrogens with zero attached hydrogens (tertiary/aromatic N) is 1. The van der Waals surface area contributed by atoms with Gasteiger partial charge in [0.1, 0.15) is 11.8 Å². The maximum Gasteiger partial charge on any atom is 0.261 e. The zero-order valence-corrected chi connectivity index (χ0v) is 20.0. The summed E-state index contributed by atoms with van der Waals surface area (Å²) in [5, 5.41) is 7.64. The maximum absolute atomic E-state index is 13.6. The lowest BCUT2D eigenvalue weighted by atomic mass is 10.0. The van der Waals surface area contributed by atoms with E-state index in [-0.39, 0.29) is 36.9 Å². The van der Waals surface area contributed by atoms with E-state index in [1.165, 1.54) is 22.5 Å². The molecule has 2 N–H and O–H groups in total. The number of nitrogens with one attached hydrogen (secondary N) is 2. The third-order valence-electron chi connectivity index (χ3n) is 6.03. The van der Waals surface area contributed by atoms with Gasteiger partial charge in [-0.25, -0.2) is 0 Å². The van der Waals surface area contributed by atoms with Crippen molar-refractivity contribution in [2.45, 2.75) is 51.2 Å². The summed E-state index contributed by atoms with van der Waals surface area (Å²) in [5.41, 5.74) is 1.77. The normalized spacial score (nSPS) is 14.5. The molecule has 1 saturated carbocycles. The van der Waals surface area contributed by atoms with E-state index in [4.69, 9.17) is 4.42 Å². The Morgan fingerprint density at radius 2 is 1.85 bits per heavy atom. The number of aryl methyl sites for hydroxylation is 1. The van der Waals surface area contributed by atoms with Crippen molar-refractivity contribution in [3.05, 3.63) is 81.9 Å². The number of hydrogen-bond acceptors (Lipinski definition) is 5. The molecule has 1 aromatic carbocycles. The molecule has 4 rings (SSSR count). The Morgan fingerprint density at radius 1 is 1.09 bits per heavy atom. The Morgan fingerprint density at radius 3 is 2.50 bits per heavy atom. The molecule has 1 aliphatic rings. The van der Waals surface area contributed by atoms with Crippen molar-refractivity contribution < 1.29 is 18.8 Å². The molecule has 7 nitrogen and oxygen atoms in total. The molecule has 1 aliphatic carbocycles. The number of carbonyl (C=O) groups is 3. The van der Waals surface area contributed by atoms with E-state index in [0.29, 0.717) is 16.2 Å². The number of thiophene rings is 1. The van der Waals surface area contributed by atoms with Gasteiger partial charge in [-0.3, -0.25) is 14.4 Å². The average molecular weight is 480 g/mol. The molecule has 8 heteroatoms. The second-order valence-electron chi connectivity index (χ2n) is 8.56. The number of rotatable bonds is 9. The number of amides is 3. The van der Waals surface area contributed by atoms with Gasteiger partial charge in [0, 0.05) is 6.04 Å². The molecule has 0 radical (unpaired) electrons. The van der Waals surface area contributed by atoms with Crippen molar-refractivity contribution in [3.63, 3.8) is 0 Å². The molecule has 1 unspecified atom stereocenters. The summed E-state index contributed by atoms with van der Waals surface area (Å²) in [6.07, 6.45) is 5.59. The van der Waals surface area contributed by atoms with Gasteiger partial charge < -0.3 is 20.0 Å². The summed E-state index contributed by atoms with van der Waals surface area (Å²) < 4.78 is 5.51. The number of carbonyl (C=O) groups excluding carboxylic acids is 3. The zero-order chi connectivity index (χ0) is 23.9. The highest BCUT2D eigenvalue weighted by molar-refractivity contribution is 7.12. The van der Waals surface area contributed by atoms with Crippen molar-refractivity contribution in [2.24, 2.45) is 0 Å². The van der Waals surface area contributed by atoms with Crippen molar-refractivity contribution in [3.8, 4) is 0 Å². The van der Waals surface area contributed by atoms with E-state index < -0.39 is 6.04 Å². The molecule has 0 spiro atoms. The van der Waals surface area contributed by atoms with E-state index >= 15 is 0 Å². The molecule has 1 fully saturated rings. The fraction of sp³-hybridized carbons (Fsp3) is 0.346. The molecule has 34 heavy (non-hydrogen) atoms. The lowest BCUT2D eigenvalue weighted by molar-refractivity contribution is -0.141. The van der Waals surface area contributed by atoms with Crippen LogP contribution in [0.15, 0.2) is 64.6 Å². The SMILES string of the molecule is Cc1ccc(C(C(=O)NC2CCCC2)N(Cc2ccco2)C(=O)CNC(=O)c2cccs2)cc1. The van der Waals surface area contributed by atoms with Crippen LogP contribution >= 0.6 is 11.3 Å². The highest BCUT2D eigenvalue weighted by Crippen LogP contribution is 2.26. The number of benzene rings is 1. The summed E-state index contributed by atoms with van der Waals surface area (Å²) in [5.74, 6) is -0.346. The summed E-state index contributed by atoms with van der Waals surface area (Å²) in [4.78, 5) is 41.5. The predicted molar refractivity (Wildman–Crippen MR) is 130 cm³/mol. The predicted octanol–water partition coefficient (Wildman–Crippen LogP) is 4.21. The van der Waals surface area contributed by atoms with E-state index in [1.807, 2.05) is 31.2 Å². The fourth-order valence-electron chi connectivity index (χ4n) is 4.22. The Hall–Kier alpha value is -3.39. The molecule has 0 bridgehead atoms. The van der Waals surface area contributed by atoms with Gasteiger partial charge in [0.2, 0.25) is 11.8 Å². The van der Waals surface area contributed by atoms with Gasteiger partial charge in [0.25, 0.3) is 5.91 Å². The zero-order valence-electron chi connectivity index (χ0n) is 19.2. The lowest BCUT2D eigenvalue weighted by Gasteiger charge is -2.32. The van der Waals surface area contributed by atoms with Crippen LogP contribution in [0.2, 0.25) is 0 Å². The monoisotopic (exact) mass is 479 g/mol. The van der Waals surface area contributed by atoms with E-state index in [1.54, 1.807) is 29.6 Å². The van der Waals surface area contributed by atoms with Crippen molar-refractivity contribution >= 4 is 29.1 Å². The quantitative estimate of drug-likeness (QED) is 0.481. The summed E-state index contributed by atoms with van der Waals surface area (Å²) in [6, 6.07) is 13.9. The van der Waals surface area contributed by atoms with E-state index in [2.05, 4.69) is 10.6 Å². The first-order valence-corrected chi connectivity index (χ1v) is 12.4. The largest absolute Gasteiger partial charge is 0.467 e. The number of hydrogen-bond donors (Lipinski definition) is 2. The topological polar surface area (TPSA) is 91.7 Å². The first-order valence-electron chi connectivity index (χ1n) is 11.5. The van der Waals surface area contributed by atoms with Gasteiger partial charge in [-0.15, -0.1) is 11.3 Å².